The summed E-state index contributed by atoms with van der Waals surface area (Å²) >= 11 is 0. The molecular formula is C13H9F7N2O2. The molecule has 0 aliphatic carbocycles. The van der Waals surface area contributed by atoms with E-state index >= 15 is 0 Å². The summed E-state index contributed by atoms with van der Waals surface area (Å²) in [7, 11) is 0. The predicted octanol–water partition coefficient (Wildman–Crippen LogP) is 3.53. The van der Waals surface area contributed by atoms with E-state index in [0.717, 1.165) is 0 Å². The second-order valence-corrected chi connectivity index (χ2v) is 4.70. The number of alkyl halides is 6. The zero-order valence-electron chi connectivity index (χ0n) is 11.8. The minimum absolute atomic E-state index is 0.295. The summed E-state index contributed by atoms with van der Waals surface area (Å²) in [5.74, 6) is -5.29. The second kappa shape index (κ2) is 5.64. The molecule has 0 aromatic heterocycles. The number of nitrogens with zero attached hydrogens (tertiary/aromatic N) is 1. The van der Waals surface area contributed by atoms with Gasteiger partial charge in [-0.3, -0.25) is 0 Å². The van der Waals surface area contributed by atoms with E-state index in [1.165, 1.54) is 6.92 Å². The van der Waals surface area contributed by atoms with Gasteiger partial charge in [-0.25, -0.2) is 14.2 Å². The fourth-order valence-electron chi connectivity index (χ4n) is 2.17. The summed E-state index contributed by atoms with van der Waals surface area (Å²) in [6, 6.07) is 1.60. The first-order valence-corrected chi connectivity index (χ1v) is 6.41. The topological polar surface area (TPSA) is 50.7 Å². The Labute approximate surface area is 130 Å². The largest absolute Gasteiger partial charge is 0.464 e. The number of halogens is 7. The van der Waals surface area contributed by atoms with Crippen LogP contribution in [0.4, 0.5) is 36.4 Å². The second-order valence-electron chi connectivity index (χ2n) is 4.70. The summed E-state index contributed by atoms with van der Waals surface area (Å²) in [5, 5.41) is 1.64. The number of nitrogens with one attached hydrogen (secondary N) is 1. The Balaban J connectivity index is 2.84. The molecule has 1 aromatic carbocycles. The van der Waals surface area contributed by atoms with Gasteiger partial charge in [-0.2, -0.15) is 26.3 Å². The van der Waals surface area contributed by atoms with Crippen LogP contribution in [0.5, 0.6) is 0 Å². The first-order chi connectivity index (χ1) is 10.9. The van der Waals surface area contributed by atoms with E-state index in [0.29, 0.717) is 18.2 Å². The molecule has 0 unspecified atom stereocenters. The maximum absolute atomic E-state index is 13.6. The summed E-state index contributed by atoms with van der Waals surface area (Å²) in [6.07, 6.45) is -10.9. The van der Waals surface area contributed by atoms with Crippen LogP contribution in [-0.2, 0) is 15.1 Å². The van der Waals surface area contributed by atoms with Crippen molar-refractivity contribution in [2.75, 3.05) is 11.9 Å². The summed E-state index contributed by atoms with van der Waals surface area (Å²) in [6.45, 7) is 0.634. The van der Waals surface area contributed by atoms with Crippen molar-refractivity contribution < 1.29 is 40.3 Å². The number of carbonyl (C=O) groups is 1. The summed E-state index contributed by atoms with van der Waals surface area (Å²) in [4.78, 5) is 14.5. The molecule has 1 atom stereocenters. The minimum Gasteiger partial charge on any atom is -0.464 e. The van der Waals surface area contributed by atoms with E-state index in [1.807, 2.05) is 0 Å². The number of hydrogen-bond acceptors (Lipinski definition) is 4. The van der Waals surface area contributed by atoms with Gasteiger partial charge in [0.2, 0.25) is 5.84 Å². The highest BCUT2D eigenvalue weighted by atomic mass is 19.4. The maximum atomic E-state index is 13.6. The highest BCUT2D eigenvalue weighted by Gasteiger charge is 2.67. The molecule has 0 saturated heterocycles. The number of carbonyl (C=O) groups excluding carboxylic acids is 1. The van der Waals surface area contributed by atoms with Crippen molar-refractivity contribution in [1.29, 1.82) is 0 Å². The number of fused-ring (bicyclic) bond motifs is 1. The number of ether oxygens (including phenoxy) is 1. The first-order valence-electron chi connectivity index (χ1n) is 6.41. The number of rotatable bonds is 2. The predicted molar refractivity (Wildman–Crippen MR) is 67.9 cm³/mol. The third-order valence-electron chi connectivity index (χ3n) is 3.15. The van der Waals surface area contributed by atoms with Gasteiger partial charge in [0.05, 0.1) is 6.61 Å². The molecule has 1 heterocycles. The van der Waals surface area contributed by atoms with Crippen LogP contribution >= 0.6 is 0 Å². The Morgan fingerprint density at radius 1 is 1.25 bits per heavy atom. The number of amidine groups is 1. The average Bonchev–Trinajstić information content (AvgIpc) is 2.43. The highest BCUT2D eigenvalue weighted by molar-refractivity contribution is 6.05. The fourth-order valence-corrected chi connectivity index (χ4v) is 2.17. The molecule has 1 aromatic rings. The third-order valence-corrected chi connectivity index (χ3v) is 3.15. The van der Waals surface area contributed by atoms with Gasteiger partial charge in [-0.1, -0.05) is 0 Å². The van der Waals surface area contributed by atoms with Gasteiger partial charge in [0.15, 0.2) is 0 Å². The van der Waals surface area contributed by atoms with Crippen molar-refractivity contribution in [2.24, 2.45) is 4.99 Å². The lowest BCUT2D eigenvalue weighted by Gasteiger charge is -2.36. The van der Waals surface area contributed by atoms with Crippen LogP contribution in [0.1, 0.15) is 12.5 Å². The zero-order valence-corrected chi connectivity index (χ0v) is 11.8. The summed E-state index contributed by atoms with van der Waals surface area (Å²) < 4.78 is 97.2. The van der Waals surface area contributed by atoms with Crippen molar-refractivity contribution in [3.8, 4) is 0 Å². The smallest absolute Gasteiger partial charge is 0.449 e. The number of hydrogen-bond donors (Lipinski definition) is 1. The van der Waals surface area contributed by atoms with Crippen LogP contribution in [-0.4, -0.2) is 30.8 Å². The third kappa shape index (κ3) is 2.78. The van der Waals surface area contributed by atoms with E-state index < -0.39 is 53.4 Å². The zero-order chi connectivity index (χ0) is 18.3. The SMILES string of the molecule is CCOC(=O)[C@]1(C(F)(F)F)N=C(C(F)(F)F)Nc2ccc(F)cc21. The van der Waals surface area contributed by atoms with Crippen molar-refractivity contribution in [1.82, 2.24) is 0 Å². The van der Waals surface area contributed by atoms with Crippen molar-refractivity contribution >= 4 is 17.5 Å². The van der Waals surface area contributed by atoms with Crippen molar-refractivity contribution in [3.63, 3.8) is 0 Å². The molecule has 0 radical (unpaired) electrons. The van der Waals surface area contributed by atoms with E-state index in [4.69, 9.17) is 0 Å². The van der Waals surface area contributed by atoms with Crippen molar-refractivity contribution in [2.45, 2.75) is 24.8 Å². The molecule has 4 nitrogen and oxygen atoms in total. The number of anilines is 1. The molecule has 1 aliphatic heterocycles. The first kappa shape index (κ1) is 18.0. The van der Waals surface area contributed by atoms with Crippen LogP contribution in [0, 0.1) is 5.82 Å². The Morgan fingerprint density at radius 3 is 2.38 bits per heavy atom. The molecule has 1 N–H and O–H groups in total. The average molecular weight is 358 g/mol. The molecule has 2 rings (SSSR count). The molecule has 132 valence electrons. The van der Waals surface area contributed by atoms with Crippen molar-refractivity contribution in [3.05, 3.63) is 29.6 Å². The van der Waals surface area contributed by atoms with Crippen LogP contribution in [0.3, 0.4) is 0 Å². The lowest BCUT2D eigenvalue weighted by atomic mass is 9.86. The highest BCUT2D eigenvalue weighted by Crippen LogP contribution is 2.49. The van der Waals surface area contributed by atoms with E-state index in [9.17, 15) is 35.5 Å². The number of aliphatic imine (C=N–C) groups is 1. The van der Waals surface area contributed by atoms with Gasteiger partial charge < -0.3 is 10.1 Å². The van der Waals surface area contributed by atoms with Gasteiger partial charge in [-0.15, -0.1) is 0 Å². The molecule has 0 bridgehead atoms. The lowest BCUT2D eigenvalue weighted by Crippen LogP contribution is -2.53. The van der Waals surface area contributed by atoms with Gasteiger partial charge >= 0.3 is 18.3 Å². The summed E-state index contributed by atoms with van der Waals surface area (Å²) in [5.41, 5.74) is -5.87. The fraction of sp³-hybridized carbons (Fsp3) is 0.385. The standard InChI is InChI=1S/C13H9F7N2O2/c1-2-24-10(23)11(13(18,19)20)7-5-6(14)3-4-8(7)21-9(22-11)12(15,16)17/h3-5H,2H2,1H3,(H,21,22)/t11-/m1/s1. The molecule has 24 heavy (non-hydrogen) atoms. The van der Waals surface area contributed by atoms with Crippen LogP contribution < -0.4 is 5.32 Å². The molecule has 0 fully saturated rings. The molecule has 0 spiro atoms. The van der Waals surface area contributed by atoms with Crippen LogP contribution in [0.15, 0.2) is 23.2 Å². The van der Waals surface area contributed by atoms with Crippen LogP contribution in [0.25, 0.3) is 0 Å². The Morgan fingerprint density at radius 2 is 1.88 bits per heavy atom. The monoisotopic (exact) mass is 358 g/mol. The molecule has 0 saturated carbocycles. The van der Waals surface area contributed by atoms with E-state index in [1.54, 1.807) is 5.32 Å². The molecule has 0 amide bonds. The number of esters is 1. The molecule has 1 aliphatic rings. The Bertz CT molecular complexity index is 697. The van der Waals surface area contributed by atoms with Gasteiger partial charge in [0.1, 0.15) is 5.82 Å². The van der Waals surface area contributed by atoms with E-state index in [2.05, 4.69) is 9.73 Å². The van der Waals surface area contributed by atoms with Gasteiger partial charge in [0.25, 0.3) is 5.54 Å². The van der Waals surface area contributed by atoms with Gasteiger partial charge in [-0.05, 0) is 25.1 Å². The quantitative estimate of drug-likeness (QED) is 0.650. The minimum atomic E-state index is -5.60. The van der Waals surface area contributed by atoms with Gasteiger partial charge in [0, 0.05) is 11.3 Å². The lowest BCUT2D eigenvalue weighted by molar-refractivity contribution is -0.208. The number of benzene rings is 1. The Kier molecular flexibility index (Phi) is 4.23. The Hall–Kier alpha value is -2.33. The molecular weight excluding hydrogens is 349 g/mol. The maximum Gasteiger partial charge on any atom is 0.449 e. The van der Waals surface area contributed by atoms with E-state index in [-0.39, 0.29) is 0 Å². The van der Waals surface area contributed by atoms with Crippen LogP contribution in [0.2, 0.25) is 0 Å². The normalized spacial score (nSPS) is 20.8. The molecule has 11 heteroatoms.